The summed E-state index contributed by atoms with van der Waals surface area (Å²) in [7, 11) is 0. The van der Waals surface area contributed by atoms with E-state index in [1.807, 2.05) is 13.8 Å². The summed E-state index contributed by atoms with van der Waals surface area (Å²) in [6.45, 7) is 5.67. The van der Waals surface area contributed by atoms with Gasteiger partial charge in [0.15, 0.2) is 0 Å². The first-order chi connectivity index (χ1) is 9.20. The predicted molar refractivity (Wildman–Crippen MR) is 74.7 cm³/mol. The molecule has 0 bridgehead atoms. The van der Waals surface area contributed by atoms with Gasteiger partial charge in [0, 0.05) is 18.0 Å². The number of alkyl halides is 3. The van der Waals surface area contributed by atoms with E-state index in [2.05, 4.69) is 9.97 Å². The Labute approximate surface area is 118 Å². The van der Waals surface area contributed by atoms with E-state index < -0.39 is 5.51 Å². The van der Waals surface area contributed by atoms with Gasteiger partial charge in [-0.3, -0.25) is 0 Å². The zero-order valence-electron chi connectivity index (χ0n) is 11.4. The Morgan fingerprint density at radius 2 is 1.85 bits per heavy atom. The van der Waals surface area contributed by atoms with Crippen molar-refractivity contribution in [3.05, 3.63) is 17.1 Å². The summed E-state index contributed by atoms with van der Waals surface area (Å²) < 4.78 is 38.4. The fourth-order valence-corrected chi connectivity index (χ4v) is 2.71. The maximum atomic E-state index is 12.2. The van der Waals surface area contributed by atoms with Crippen molar-refractivity contribution in [2.75, 3.05) is 11.5 Å². The zero-order valence-corrected chi connectivity index (χ0v) is 12.2. The summed E-state index contributed by atoms with van der Waals surface area (Å²) in [5.74, 6) is 0.823. The summed E-state index contributed by atoms with van der Waals surface area (Å²) in [6, 6.07) is 0. The van der Waals surface area contributed by atoms with Crippen LogP contribution in [0.5, 0.6) is 0 Å². The lowest BCUT2D eigenvalue weighted by atomic mass is 10.2. The van der Waals surface area contributed by atoms with Gasteiger partial charge in [0.25, 0.3) is 0 Å². The Morgan fingerprint density at radius 3 is 2.45 bits per heavy atom. The van der Waals surface area contributed by atoms with Crippen LogP contribution in [0.4, 0.5) is 19.0 Å². The molecule has 8 heteroatoms. The third-order valence-corrected chi connectivity index (χ3v) is 3.90. The number of halogens is 3. The fourth-order valence-electron chi connectivity index (χ4n) is 2.20. The molecule has 0 fully saturated rings. The minimum absolute atomic E-state index is 0.0322. The molecule has 0 aliphatic carbocycles. The van der Waals surface area contributed by atoms with Crippen LogP contribution in [0, 0.1) is 20.8 Å². The van der Waals surface area contributed by atoms with Crippen molar-refractivity contribution in [2.24, 2.45) is 0 Å². The van der Waals surface area contributed by atoms with Gasteiger partial charge < -0.3 is 10.3 Å². The SMILES string of the molecule is Cc1nc(N)c2c(C)c(C)n(CCSC(F)(F)F)c2n1. The molecule has 0 aliphatic heterocycles. The molecule has 2 aromatic rings. The molecule has 0 atom stereocenters. The zero-order chi connectivity index (χ0) is 15.1. The highest BCUT2D eigenvalue weighted by Gasteiger charge is 2.28. The van der Waals surface area contributed by atoms with Gasteiger partial charge in [0.1, 0.15) is 17.3 Å². The lowest BCUT2D eigenvalue weighted by Gasteiger charge is -2.09. The summed E-state index contributed by atoms with van der Waals surface area (Å²) in [6.07, 6.45) is 0. The number of hydrogen-bond acceptors (Lipinski definition) is 4. The van der Waals surface area contributed by atoms with E-state index in [1.165, 1.54) is 0 Å². The molecule has 2 heterocycles. The van der Waals surface area contributed by atoms with E-state index >= 15 is 0 Å². The number of thioether (sulfide) groups is 1. The highest BCUT2D eigenvalue weighted by molar-refractivity contribution is 8.00. The van der Waals surface area contributed by atoms with Crippen LogP contribution >= 0.6 is 11.8 Å². The second-order valence-electron chi connectivity index (χ2n) is 4.51. The van der Waals surface area contributed by atoms with E-state index in [-0.39, 0.29) is 24.1 Å². The highest BCUT2D eigenvalue weighted by atomic mass is 32.2. The molecule has 0 radical (unpaired) electrons. The molecule has 0 spiro atoms. The number of nitrogen functional groups attached to an aromatic ring is 1. The molecule has 20 heavy (non-hydrogen) atoms. The maximum absolute atomic E-state index is 12.2. The Hall–Kier alpha value is -1.44. The van der Waals surface area contributed by atoms with E-state index in [1.54, 1.807) is 11.5 Å². The number of hydrogen-bond donors (Lipinski definition) is 1. The fraction of sp³-hybridized carbons (Fsp3) is 0.500. The van der Waals surface area contributed by atoms with Crippen molar-refractivity contribution in [3.8, 4) is 0 Å². The van der Waals surface area contributed by atoms with Crippen LogP contribution in [0.25, 0.3) is 11.0 Å². The van der Waals surface area contributed by atoms with Crippen LogP contribution in [-0.4, -0.2) is 25.8 Å². The number of nitrogens with zero attached hydrogens (tertiary/aromatic N) is 3. The Kier molecular flexibility index (Phi) is 3.86. The normalized spacial score (nSPS) is 12.3. The lowest BCUT2D eigenvalue weighted by Crippen LogP contribution is -2.09. The summed E-state index contributed by atoms with van der Waals surface area (Å²) in [5.41, 5.74) is 4.06. The Bertz CT molecular complexity index is 648. The van der Waals surface area contributed by atoms with Crippen LogP contribution < -0.4 is 5.73 Å². The molecule has 0 saturated carbocycles. The molecule has 2 aromatic heterocycles. The molecule has 0 aromatic carbocycles. The van der Waals surface area contributed by atoms with E-state index in [0.717, 1.165) is 16.6 Å². The number of rotatable bonds is 3. The second kappa shape index (κ2) is 5.16. The van der Waals surface area contributed by atoms with E-state index in [4.69, 9.17) is 5.73 Å². The molecule has 2 rings (SSSR count). The number of aryl methyl sites for hydroxylation is 3. The first-order valence-corrected chi connectivity index (χ1v) is 6.99. The molecule has 0 unspecified atom stereocenters. The smallest absolute Gasteiger partial charge is 0.383 e. The number of aromatic nitrogens is 3. The predicted octanol–water partition coefficient (Wildman–Crippen LogP) is 3.19. The Balaban J connectivity index is 2.40. The van der Waals surface area contributed by atoms with Crippen LogP contribution in [0.15, 0.2) is 0 Å². The largest absolute Gasteiger partial charge is 0.441 e. The summed E-state index contributed by atoms with van der Waals surface area (Å²) >= 11 is -0.0322. The van der Waals surface area contributed by atoms with Crippen molar-refractivity contribution >= 4 is 28.6 Å². The standard InChI is InChI=1S/C12H15F3N4S/c1-6-7(2)19(4-5-20-12(13,14)15)11-9(6)10(16)17-8(3)18-11/h4-5H2,1-3H3,(H2,16,17,18). The average Bonchev–Trinajstić information content (AvgIpc) is 2.52. The second-order valence-corrected chi connectivity index (χ2v) is 5.67. The quantitative estimate of drug-likeness (QED) is 0.946. The molecule has 2 N–H and O–H groups in total. The highest BCUT2D eigenvalue weighted by Crippen LogP contribution is 2.32. The summed E-state index contributed by atoms with van der Waals surface area (Å²) in [5, 5.41) is 0.727. The summed E-state index contributed by atoms with van der Waals surface area (Å²) in [4.78, 5) is 8.42. The molecular formula is C12H15F3N4S. The molecular weight excluding hydrogens is 289 g/mol. The van der Waals surface area contributed by atoms with Gasteiger partial charge in [-0.15, -0.1) is 0 Å². The van der Waals surface area contributed by atoms with Gasteiger partial charge in [-0.05, 0) is 38.1 Å². The lowest BCUT2D eigenvalue weighted by molar-refractivity contribution is -0.0328. The van der Waals surface area contributed by atoms with Crippen LogP contribution in [0.2, 0.25) is 0 Å². The van der Waals surface area contributed by atoms with Gasteiger partial charge in [-0.1, -0.05) is 0 Å². The molecule has 4 nitrogen and oxygen atoms in total. The van der Waals surface area contributed by atoms with Crippen molar-refractivity contribution in [2.45, 2.75) is 32.8 Å². The topological polar surface area (TPSA) is 56.7 Å². The minimum Gasteiger partial charge on any atom is -0.383 e. The Morgan fingerprint density at radius 1 is 1.20 bits per heavy atom. The third-order valence-electron chi connectivity index (χ3n) is 3.19. The number of fused-ring (bicyclic) bond motifs is 1. The van der Waals surface area contributed by atoms with Crippen molar-refractivity contribution < 1.29 is 13.2 Å². The molecule has 0 aliphatic rings. The van der Waals surface area contributed by atoms with Gasteiger partial charge in [-0.25, -0.2) is 9.97 Å². The average molecular weight is 304 g/mol. The molecule has 0 saturated heterocycles. The first-order valence-electron chi connectivity index (χ1n) is 6.01. The van der Waals surface area contributed by atoms with Gasteiger partial charge >= 0.3 is 5.51 Å². The minimum atomic E-state index is -4.21. The first kappa shape index (κ1) is 15.0. The van der Waals surface area contributed by atoms with Crippen molar-refractivity contribution in [1.29, 1.82) is 0 Å². The number of nitrogens with two attached hydrogens (primary N) is 1. The number of anilines is 1. The van der Waals surface area contributed by atoms with Crippen LogP contribution in [0.1, 0.15) is 17.1 Å². The van der Waals surface area contributed by atoms with E-state index in [0.29, 0.717) is 17.3 Å². The van der Waals surface area contributed by atoms with Crippen molar-refractivity contribution in [1.82, 2.24) is 14.5 Å². The van der Waals surface area contributed by atoms with Gasteiger partial charge in [0.2, 0.25) is 0 Å². The molecule has 110 valence electrons. The van der Waals surface area contributed by atoms with Crippen molar-refractivity contribution in [3.63, 3.8) is 0 Å². The van der Waals surface area contributed by atoms with Crippen LogP contribution in [-0.2, 0) is 6.54 Å². The van der Waals surface area contributed by atoms with E-state index in [9.17, 15) is 13.2 Å². The molecule has 0 amide bonds. The van der Waals surface area contributed by atoms with Crippen LogP contribution in [0.3, 0.4) is 0 Å². The third kappa shape index (κ3) is 2.84. The maximum Gasteiger partial charge on any atom is 0.441 e. The monoisotopic (exact) mass is 304 g/mol. The van der Waals surface area contributed by atoms with Gasteiger partial charge in [0.05, 0.1) is 5.39 Å². The van der Waals surface area contributed by atoms with Gasteiger partial charge in [-0.2, -0.15) is 13.2 Å².